The second-order valence-corrected chi connectivity index (χ2v) is 6.99. The Labute approximate surface area is 147 Å². The molecule has 136 valence electrons. The largest absolute Gasteiger partial charge is 0.381 e. The van der Waals surface area contributed by atoms with Gasteiger partial charge >= 0.3 is 0 Å². The first-order chi connectivity index (χ1) is 12.0. The molecule has 0 aromatic heterocycles. The van der Waals surface area contributed by atoms with E-state index in [1.54, 1.807) is 24.1 Å². The van der Waals surface area contributed by atoms with Gasteiger partial charge in [-0.3, -0.25) is 9.59 Å². The molecule has 2 aliphatic rings. The summed E-state index contributed by atoms with van der Waals surface area (Å²) in [6.07, 6.45) is 3.27. The van der Waals surface area contributed by atoms with Crippen LogP contribution in [0.4, 0.5) is 10.1 Å². The van der Waals surface area contributed by atoms with Gasteiger partial charge in [0.05, 0.1) is 5.92 Å². The fraction of sp³-hybridized carbons (Fsp3) is 0.579. The summed E-state index contributed by atoms with van der Waals surface area (Å²) in [6.45, 7) is 2.64. The fourth-order valence-electron chi connectivity index (χ4n) is 3.60. The highest BCUT2D eigenvalue weighted by Gasteiger charge is 2.36. The summed E-state index contributed by atoms with van der Waals surface area (Å²) >= 11 is 0. The maximum absolute atomic E-state index is 13.4. The van der Waals surface area contributed by atoms with E-state index in [-0.39, 0.29) is 30.0 Å². The molecule has 0 aliphatic carbocycles. The zero-order chi connectivity index (χ0) is 17.8. The van der Waals surface area contributed by atoms with E-state index in [4.69, 9.17) is 4.74 Å². The minimum absolute atomic E-state index is 0.000637. The van der Waals surface area contributed by atoms with Gasteiger partial charge in [-0.25, -0.2) is 4.39 Å². The molecule has 5 nitrogen and oxygen atoms in total. The van der Waals surface area contributed by atoms with Gasteiger partial charge in [0.15, 0.2) is 0 Å². The lowest BCUT2D eigenvalue weighted by Crippen LogP contribution is -2.36. The highest BCUT2D eigenvalue weighted by molar-refractivity contribution is 6.00. The Hall–Kier alpha value is -1.95. The van der Waals surface area contributed by atoms with E-state index in [0.717, 1.165) is 32.5 Å². The van der Waals surface area contributed by atoms with Crippen molar-refractivity contribution in [3.63, 3.8) is 0 Å². The van der Waals surface area contributed by atoms with Crippen LogP contribution in [-0.2, 0) is 14.3 Å². The molecule has 3 rings (SSSR count). The molecule has 0 N–H and O–H groups in total. The third-order valence-corrected chi connectivity index (χ3v) is 5.18. The van der Waals surface area contributed by atoms with Gasteiger partial charge in [-0.15, -0.1) is 0 Å². The molecule has 6 heteroatoms. The molecule has 25 heavy (non-hydrogen) atoms. The first-order valence-electron chi connectivity index (χ1n) is 8.93. The zero-order valence-corrected chi connectivity index (χ0v) is 14.6. The lowest BCUT2D eigenvalue weighted by molar-refractivity contribution is -0.134. The van der Waals surface area contributed by atoms with Crippen molar-refractivity contribution in [2.45, 2.75) is 25.7 Å². The molecule has 2 heterocycles. The molecule has 2 saturated heterocycles. The van der Waals surface area contributed by atoms with E-state index < -0.39 is 0 Å². The van der Waals surface area contributed by atoms with Crippen molar-refractivity contribution >= 4 is 17.5 Å². The maximum Gasteiger partial charge on any atom is 0.227 e. The second-order valence-electron chi connectivity index (χ2n) is 6.99. The van der Waals surface area contributed by atoms with Crippen LogP contribution in [0.5, 0.6) is 0 Å². The standard InChI is InChI=1S/C19H25FN2O3/c1-21(8-5-14-6-9-25-10-7-14)19(24)15-11-18(23)22(13-15)17-4-2-3-16(20)12-17/h2-4,12,14-15H,5-11,13H2,1H3. The Kier molecular flexibility index (Phi) is 5.68. The smallest absolute Gasteiger partial charge is 0.227 e. The van der Waals surface area contributed by atoms with Crippen LogP contribution in [0.15, 0.2) is 24.3 Å². The van der Waals surface area contributed by atoms with Crippen molar-refractivity contribution in [3.8, 4) is 0 Å². The maximum atomic E-state index is 13.4. The fourth-order valence-corrected chi connectivity index (χ4v) is 3.60. The molecule has 2 aliphatic heterocycles. The molecule has 0 spiro atoms. The molecule has 2 amide bonds. The molecule has 2 fully saturated rings. The van der Waals surface area contributed by atoms with Crippen LogP contribution >= 0.6 is 0 Å². The third-order valence-electron chi connectivity index (χ3n) is 5.18. The average Bonchev–Trinajstić information content (AvgIpc) is 3.01. The van der Waals surface area contributed by atoms with E-state index >= 15 is 0 Å². The Bertz CT molecular complexity index is 631. The highest BCUT2D eigenvalue weighted by atomic mass is 19.1. The van der Waals surface area contributed by atoms with Gasteiger partial charge in [0.1, 0.15) is 5.82 Å². The number of anilines is 1. The summed E-state index contributed by atoms with van der Waals surface area (Å²) in [5.74, 6) is -0.247. The van der Waals surface area contributed by atoms with Gasteiger partial charge in [0, 0.05) is 45.5 Å². The van der Waals surface area contributed by atoms with Gasteiger partial charge < -0.3 is 14.5 Å². The first kappa shape index (κ1) is 17.9. The molecular weight excluding hydrogens is 323 g/mol. The van der Waals surface area contributed by atoms with Crippen molar-refractivity contribution in [2.75, 3.05) is 38.3 Å². The lowest BCUT2D eigenvalue weighted by Gasteiger charge is -2.26. The molecule has 1 aromatic carbocycles. The number of amides is 2. The summed E-state index contributed by atoms with van der Waals surface area (Å²) in [4.78, 5) is 28.2. The third kappa shape index (κ3) is 4.37. The van der Waals surface area contributed by atoms with Crippen LogP contribution in [0.3, 0.4) is 0 Å². The number of halogens is 1. The van der Waals surface area contributed by atoms with Crippen molar-refractivity contribution < 1.29 is 18.7 Å². The Morgan fingerprint density at radius 3 is 2.84 bits per heavy atom. The van der Waals surface area contributed by atoms with Crippen LogP contribution in [-0.4, -0.2) is 50.1 Å². The molecular formula is C19H25FN2O3. The summed E-state index contributed by atoms with van der Waals surface area (Å²) in [5, 5.41) is 0. The van der Waals surface area contributed by atoms with E-state index in [0.29, 0.717) is 24.7 Å². The van der Waals surface area contributed by atoms with Gasteiger partial charge in [0.25, 0.3) is 0 Å². The number of hydrogen-bond acceptors (Lipinski definition) is 3. The average molecular weight is 348 g/mol. The highest BCUT2D eigenvalue weighted by Crippen LogP contribution is 2.27. The van der Waals surface area contributed by atoms with Gasteiger partial charge in [-0.1, -0.05) is 6.07 Å². The summed E-state index contributed by atoms with van der Waals surface area (Å²) in [6, 6.07) is 5.95. The normalized spacial score (nSPS) is 21.6. The monoisotopic (exact) mass is 348 g/mol. The second kappa shape index (κ2) is 7.95. The Morgan fingerprint density at radius 2 is 2.12 bits per heavy atom. The quantitative estimate of drug-likeness (QED) is 0.821. The van der Waals surface area contributed by atoms with Gasteiger partial charge in [0.2, 0.25) is 11.8 Å². The number of carbonyl (C=O) groups is 2. The predicted octanol–water partition coefficient (Wildman–Crippen LogP) is 2.45. The molecule has 0 radical (unpaired) electrons. The predicted molar refractivity (Wildman–Crippen MR) is 92.7 cm³/mol. The minimum atomic E-state index is -0.381. The zero-order valence-electron chi connectivity index (χ0n) is 14.6. The van der Waals surface area contributed by atoms with Crippen molar-refractivity contribution in [1.82, 2.24) is 4.90 Å². The molecule has 1 unspecified atom stereocenters. The number of carbonyl (C=O) groups excluding carboxylic acids is 2. The van der Waals surface area contributed by atoms with Crippen LogP contribution < -0.4 is 4.90 Å². The van der Waals surface area contributed by atoms with Gasteiger partial charge in [-0.05, 0) is 43.4 Å². The van der Waals surface area contributed by atoms with Crippen LogP contribution in [0.25, 0.3) is 0 Å². The van der Waals surface area contributed by atoms with E-state index in [2.05, 4.69) is 0 Å². The first-order valence-corrected chi connectivity index (χ1v) is 8.93. The summed E-state index contributed by atoms with van der Waals surface area (Å²) in [5.41, 5.74) is 0.519. The molecule has 0 saturated carbocycles. The lowest BCUT2D eigenvalue weighted by atomic mass is 9.96. The van der Waals surface area contributed by atoms with E-state index in [1.807, 2.05) is 0 Å². The number of benzene rings is 1. The van der Waals surface area contributed by atoms with Gasteiger partial charge in [-0.2, -0.15) is 0 Å². The SMILES string of the molecule is CN(CCC1CCOCC1)C(=O)C1CC(=O)N(c2cccc(F)c2)C1. The van der Waals surface area contributed by atoms with E-state index in [9.17, 15) is 14.0 Å². The van der Waals surface area contributed by atoms with Crippen LogP contribution in [0, 0.1) is 17.7 Å². The Balaban J connectivity index is 1.54. The molecule has 1 atom stereocenters. The Morgan fingerprint density at radius 1 is 1.36 bits per heavy atom. The summed E-state index contributed by atoms with van der Waals surface area (Å²) < 4.78 is 18.7. The summed E-state index contributed by atoms with van der Waals surface area (Å²) in [7, 11) is 1.80. The van der Waals surface area contributed by atoms with Crippen molar-refractivity contribution in [2.24, 2.45) is 11.8 Å². The number of hydrogen-bond donors (Lipinski definition) is 0. The molecule has 0 bridgehead atoms. The number of rotatable bonds is 5. The number of nitrogens with zero attached hydrogens (tertiary/aromatic N) is 2. The topological polar surface area (TPSA) is 49.9 Å². The van der Waals surface area contributed by atoms with Crippen LogP contribution in [0.1, 0.15) is 25.7 Å². The minimum Gasteiger partial charge on any atom is -0.381 e. The number of ether oxygens (including phenoxy) is 1. The molecule has 1 aromatic rings. The van der Waals surface area contributed by atoms with Crippen LogP contribution in [0.2, 0.25) is 0 Å². The van der Waals surface area contributed by atoms with Crippen molar-refractivity contribution in [3.05, 3.63) is 30.1 Å². The van der Waals surface area contributed by atoms with E-state index in [1.165, 1.54) is 17.0 Å². The van der Waals surface area contributed by atoms with Crippen molar-refractivity contribution in [1.29, 1.82) is 0 Å².